The summed E-state index contributed by atoms with van der Waals surface area (Å²) in [6.45, 7) is 2.11. The Morgan fingerprint density at radius 1 is 1.26 bits per heavy atom. The van der Waals surface area contributed by atoms with Crippen LogP contribution in [-0.2, 0) is 14.3 Å². The Hall–Kier alpha value is -2.77. The SMILES string of the molecule is CCOC(=O)NNC(=O)[C@@H]1CC(=O)N(c2ccc(OC)cc2)C1. The topological polar surface area (TPSA) is 97.0 Å². The zero-order valence-corrected chi connectivity index (χ0v) is 13.0. The summed E-state index contributed by atoms with van der Waals surface area (Å²) in [5.74, 6) is -0.422. The molecule has 1 heterocycles. The van der Waals surface area contributed by atoms with E-state index in [0.29, 0.717) is 11.4 Å². The van der Waals surface area contributed by atoms with Gasteiger partial charge in [-0.2, -0.15) is 0 Å². The predicted molar refractivity (Wildman–Crippen MR) is 81.8 cm³/mol. The molecule has 0 bridgehead atoms. The van der Waals surface area contributed by atoms with Gasteiger partial charge in [-0.05, 0) is 31.2 Å². The Bertz CT molecular complexity index is 587. The summed E-state index contributed by atoms with van der Waals surface area (Å²) in [6.07, 6.45) is -0.653. The van der Waals surface area contributed by atoms with Crippen molar-refractivity contribution in [2.24, 2.45) is 5.92 Å². The highest BCUT2D eigenvalue weighted by atomic mass is 16.6. The number of rotatable bonds is 4. The maximum Gasteiger partial charge on any atom is 0.426 e. The van der Waals surface area contributed by atoms with Crippen molar-refractivity contribution in [1.82, 2.24) is 10.9 Å². The number of carbonyl (C=O) groups is 3. The van der Waals surface area contributed by atoms with Gasteiger partial charge in [0.1, 0.15) is 5.75 Å². The van der Waals surface area contributed by atoms with Crippen LogP contribution in [0, 0.1) is 5.92 Å². The second-order valence-electron chi connectivity index (χ2n) is 4.94. The summed E-state index contributed by atoms with van der Waals surface area (Å²) in [5, 5.41) is 0. The van der Waals surface area contributed by atoms with Crippen LogP contribution in [0.25, 0.3) is 0 Å². The van der Waals surface area contributed by atoms with Crippen LogP contribution in [0.4, 0.5) is 10.5 Å². The minimum Gasteiger partial charge on any atom is -0.497 e. The minimum atomic E-state index is -0.739. The van der Waals surface area contributed by atoms with Gasteiger partial charge in [-0.15, -0.1) is 0 Å². The number of nitrogens with one attached hydrogen (secondary N) is 2. The molecule has 23 heavy (non-hydrogen) atoms. The van der Waals surface area contributed by atoms with Gasteiger partial charge in [0, 0.05) is 18.7 Å². The van der Waals surface area contributed by atoms with Gasteiger partial charge < -0.3 is 14.4 Å². The van der Waals surface area contributed by atoms with Gasteiger partial charge in [-0.1, -0.05) is 0 Å². The number of hydrazine groups is 1. The lowest BCUT2D eigenvalue weighted by atomic mass is 10.1. The van der Waals surface area contributed by atoms with Crippen LogP contribution in [0.1, 0.15) is 13.3 Å². The molecule has 8 nitrogen and oxygen atoms in total. The normalized spacial score (nSPS) is 16.9. The number of hydrogen-bond acceptors (Lipinski definition) is 5. The fraction of sp³-hybridized carbons (Fsp3) is 0.400. The standard InChI is InChI=1S/C15H19N3O5/c1-3-23-15(21)17-16-14(20)10-8-13(19)18(9-10)11-4-6-12(22-2)7-5-11/h4-7,10H,3,8-9H2,1-2H3,(H,16,20)(H,17,21)/t10-/m1/s1. The molecule has 1 aromatic rings. The van der Waals surface area contributed by atoms with Gasteiger partial charge in [-0.25, -0.2) is 10.2 Å². The van der Waals surface area contributed by atoms with Crippen LogP contribution < -0.4 is 20.5 Å². The van der Waals surface area contributed by atoms with Gasteiger partial charge in [0.15, 0.2) is 0 Å². The van der Waals surface area contributed by atoms with E-state index in [1.165, 1.54) is 4.90 Å². The first-order valence-electron chi connectivity index (χ1n) is 7.22. The number of benzene rings is 1. The number of methoxy groups -OCH3 is 1. The van der Waals surface area contributed by atoms with E-state index >= 15 is 0 Å². The zero-order chi connectivity index (χ0) is 16.8. The Morgan fingerprint density at radius 3 is 2.57 bits per heavy atom. The Morgan fingerprint density at radius 2 is 1.96 bits per heavy atom. The molecule has 1 aromatic carbocycles. The second kappa shape index (κ2) is 7.48. The minimum absolute atomic E-state index is 0.0857. The summed E-state index contributed by atoms with van der Waals surface area (Å²) in [7, 11) is 1.56. The average Bonchev–Trinajstić information content (AvgIpc) is 2.95. The van der Waals surface area contributed by atoms with E-state index in [1.54, 1.807) is 38.3 Å². The lowest BCUT2D eigenvalue weighted by Gasteiger charge is -2.17. The maximum atomic E-state index is 12.1. The molecule has 1 atom stereocenters. The lowest BCUT2D eigenvalue weighted by molar-refractivity contribution is -0.127. The molecular formula is C15H19N3O5. The smallest absolute Gasteiger partial charge is 0.426 e. The van der Waals surface area contributed by atoms with Gasteiger partial charge in [0.05, 0.1) is 19.6 Å². The first-order chi connectivity index (χ1) is 11.0. The van der Waals surface area contributed by atoms with E-state index in [9.17, 15) is 14.4 Å². The number of carbonyl (C=O) groups excluding carboxylic acids is 3. The van der Waals surface area contributed by atoms with Crippen molar-refractivity contribution < 1.29 is 23.9 Å². The molecule has 0 unspecified atom stereocenters. The van der Waals surface area contributed by atoms with Crippen molar-refractivity contribution in [1.29, 1.82) is 0 Å². The Kier molecular flexibility index (Phi) is 5.40. The third-order valence-electron chi connectivity index (χ3n) is 3.44. The average molecular weight is 321 g/mol. The molecule has 1 fully saturated rings. The Labute approximate surface area is 133 Å². The summed E-state index contributed by atoms with van der Waals surface area (Å²) in [4.78, 5) is 36.8. The van der Waals surface area contributed by atoms with Crippen LogP contribution in [0.5, 0.6) is 5.75 Å². The van der Waals surface area contributed by atoms with E-state index in [2.05, 4.69) is 15.6 Å². The molecule has 2 rings (SSSR count). The van der Waals surface area contributed by atoms with E-state index in [-0.39, 0.29) is 25.5 Å². The summed E-state index contributed by atoms with van der Waals surface area (Å²) in [6, 6.07) is 7.01. The molecule has 0 radical (unpaired) electrons. The lowest BCUT2D eigenvalue weighted by Crippen LogP contribution is -2.45. The van der Waals surface area contributed by atoms with E-state index in [0.717, 1.165) is 0 Å². The molecular weight excluding hydrogens is 302 g/mol. The van der Waals surface area contributed by atoms with Gasteiger partial charge in [0.25, 0.3) is 0 Å². The first kappa shape index (κ1) is 16.6. The summed E-state index contributed by atoms with van der Waals surface area (Å²) < 4.78 is 9.71. The fourth-order valence-corrected chi connectivity index (χ4v) is 2.28. The predicted octanol–water partition coefficient (Wildman–Crippen LogP) is 0.825. The van der Waals surface area contributed by atoms with Crippen molar-refractivity contribution in [2.75, 3.05) is 25.2 Å². The highest BCUT2D eigenvalue weighted by Crippen LogP contribution is 2.26. The van der Waals surface area contributed by atoms with Gasteiger partial charge in [0.2, 0.25) is 11.8 Å². The number of amides is 3. The quantitative estimate of drug-likeness (QED) is 0.801. The monoisotopic (exact) mass is 321 g/mol. The van der Waals surface area contributed by atoms with E-state index < -0.39 is 17.9 Å². The highest BCUT2D eigenvalue weighted by Gasteiger charge is 2.35. The molecule has 1 aliphatic heterocycles. The van der Waals surface area contributed by atoms with Gasteiger partial charge >= 0.3 is 6.09 Å². The molecule has 2 N–H and O–H groups in total. The maximum absolute atomic E-state index is 12.1. The van der Waals surface area contributed by atoms with E-state index in [4.69, 9.17) is 4.74 Å². The van der Waals surface area contributed by atoms with Crippen LogP contribution >= 0.6 is 0 Å². The molecule has 0 saturated carbocycles. The second-order valence-corrected chi connectivity index (χ2v) is 4.94. The third kappa shape index (κ3) is 4.12. The van der Waals surface area contributed by atoms with Crippen LogP contribution in [0.2, 0.25) is 0 Å². The summed E-state index contributed by atoms with van der Waals surface area (Å²) >= 11 is 0. The van der Waals surface area contributed by atoms with E-state index in [1.807, 2.05) is 0 Å². The molecule has 124 valence electrons. The number of ether oxygens (including phenoxy) is 2. The molecule has 0 spiro atoms. The number of hydrogen-bond donors (Lipinski definition) is 2. The third-order valence-corrected chi connectivity index (χ3v) is 3.44. The van der Waals surface area contributed by atoms with Crippen molar-refractivity contribution >= 4 is 23.6 Å². The van der Waals surface area contributed by atoms with Crippen molar-refractivity contribution in [3.63, 3.8) is 0 Å². The van der Waals surface area contributed by atoms with Crippen LogP contribution in [-0.4, -0.2) is 38.2 Å². The van der Waals surface area contributed by atoms with Crippen molar-refractivity contribution in [2.45, 2.75) is 13.3 Å². The molecule has 1 aliphatic rings. The van der Waals surface area contributed by atoms with Crippen LogP contribution in [0.15, 0.2) is 24.3 Å². The first-order valence-corrected chi connectivity index (χ1v) is 7.22. The Balaban J connectivity index is 1.93. The largest absolute Gasteiger partial charge is 0.497 e. The van der Waals surface area contributed by atoms with Gasteiger partial charge in [-0.3, -0.25) is 15.0 Å². The molecule has 1 saturated heterocycles. The molecule has 3 amide bonds. The van der Waals surface area contributed by atoms with Crippen molar-refractivity contribution in [3.8, 4) is 5.75 Å². The highest BCUT2D eigenvalue weighted by molar-refractivity contribution is 6.00. The number of anilines is 1. The van der Waals surface area contributed by atoms with Crippen LogP contribution in [0.3, 0.4) is 0 Å². The fourth-order valence-electron chi connectivity index (χ4n) is 2.28. The zero-order valence-electron chi connectivity index (χ0n) is 13.0. The molecule has 0 aliphatic carbocycles. The molecule has 0 aromatic heterocycles. The van der Waals surface area contributed by atoms with Crippen molar-refractivity contribution in [3.05, 3.63) is 24.3 Å². The number of nitrogens with zero attached hydrogens (tertiary/aromatic N) is 1. The molecule has 8 heteroatoms. The summed E-state index contributed by atoms with van der Waals surface area (Å²) in [5.41, 5.74) is 5.09.